The molecule has 25 heavy (non-hydrogen) atoms. The van der Waals surface area contributed by atoms with Crippen molar-refractivity contribution in [1.82, 2.24) is 15.1 Å². The van der Waals surface area contributed by atoms with Crippen LogP contribution in [0.5, 0.6) is 0 Å². The predicted octanol–water partition coefficient (Wildman–Crippen LogP) is 0.390. The zero-order valence-corrected chi connectivity index (χ0v) is 15.5. The van der Waals surface area contributed by atoms with Gasteiger partial charge >= 0.3 is 0 Å². The number of rotatable bonds is 9. The van der Waals surface area contributed by atoms with Crippen molar-refractivity contribution in [1.29, 1.82) is 0 Å². The van der Waals surface area contributed by atoms with Crippen LogP contribution in [-0.2, 0) is 17.8 Å². The van der Waals surface area contributed by atoms with E-state index in [0.717, 1.165) is 30.7 Å². The standard InChI is InChI=1S/C19H28N4O2/c1-4-22(5-2)14-13-20-18(24)12-11-17-15-9-7-8-10-16(15)19(25)23(6-3)21-17/h7-10H,4-6,11-14H2,1-3H3,(H,20,24)/p+1. The quantitative estimate of drug-likeness (QED) is 0.691. The average molecular weight is 345 g/mol. The van der Waals surface area contributed by atoms with Crippen molar-refractivity contribution in [3.63, 3.8) is 0 Å². The second kappa shape index (κ2) is 9.32. The molecule has 0 atom stereocenters. The minimum Gasteiger partial charge on any atom is -0.350 e. The summed E-state index contributed by atoms with van der Waals surface area (Å²) < 4.78 is 1.47. The summed E-state index contributed by atoms with van der Waals surface area (Å²) >= 11 is 0. The van der Waals surface area contributed by atoms with Crippen molar-refractivity contribution in [3.05, 3.63) is 40.3 Å². The lowest BCUT2D eigenvalue weighted by Gasteiger charge is -2.15. The van der Waals surface area contributed by atoms with Gasteiger partial charge in [0.05, 0.1) is 37.3 Å². The van der Waals surface area contributed by atoms with Crippen molar-refractivity contribution < 1.29 is 9.69 Å². The van der Waals surface area contributed by atoms with E-state index in [1.54, 1.807) is 0 Å². The molecule has 0 fully saturated rings. The number of aromatic nitrogens is 2. The summed E-state index contributed by atoms with van der Waals surface area (Å²) in [6.07, 6.45) is 0.914. The maximum atomic E-state index is 12.3. The molecule has 0 saturated carbocycles. The molecule has 1 heterocycles. The smallest absolute Gasteiger partial charge is 0.274 e. The highest BCUT2D eigenvalue weighted by Crippen LogP contribution is 2.14. The number of nitrogens with one attached hydrogen (secondary N) is 2. The van der Waals surface area contributed by atoms with E-state index in [-0.39, 0.29) is 11.5 Å². The highest BCUT2D eigenvalue weighted by Gasteiger charge is 2.11. The zero-order valence-electron chi connectivity index (χ0n) is 15.5. The van der Waals surface area contributed by atoms with Gasteiger partial charge in [-0.2, -0.15) is 5.10 Å². The molecule has 2 N–H and O–H groups in total. The monoisotopic (exact) mass is 345 g/mol. The van der Waals surface area contributed by atoms with Crippen molar-refractivity contribution in [3.8, 4) is 0 Å². The lowest BCUT2D eigenvalue weighted by Crippen LogP contribution is -3.12. The van der Waals surface area contributed by atoms with Gasteiger partial charge in [-0.3, -0.25) is 9.59 Å². The van der Waals surface area contributed by atoms with Crippen molar-refractivity contribution in [2.24, 2.45) is 0 Å². The van der Waals surface area contributed by atoms with E-state index in [0.29, 0.717) is 31.3 Å². The van der Waals surface area contributed by atoms with E-state index in [9.17, 15) is 9.59 Å². The first-order chi connectivity index (χ1) is 12.1. The maximum absolute atomic E-state index is 12.3. The fourth-order valence-electron chi connectivity index (χ4n) is 3.01. The summed E-state index contributed by atoms with van der Waals surface area (Å²) in [5.41, 5.74) is 0.732. The van der Waals surface area contributed by atoms with Gasteiger partial charge in [-0.15, -0.1) is 0 Å². The summed E-state index contributed by atoms with van der Waals surface area (Å²) in [6, 6.07) is 7.48. The van der Waals surface area contributed by atoms with E-state index in [2.05, 4.69) is 24.3 Å². The zero-order chi connectivity index (χ0) is 18.2. The third-order valence-corrected chi connectivity index (χ3v) is 4.63. The van der Waals surface area contributed by atoms with Gasteiger partial charge in [-0.05, 0) is 26.8 Å². The Morgan fingerprint density at radius 2 is 1.84 bits per heavy atom. The number of hydrogen-bond acceptors (Lipinski definition) is 3. The van der Waals surface area contributed by atoms with Gasteiger partial charge < -0.3 is 10.2 Å². The molecule has 0 aliphatic heterocycles. The van der Waals surface area contributed by atoms with Gasteiger partial charge in [0.1, 0.15) is 0 Å². The molecule has 2 rings (SSSR count). The molecule has 1 aromatic carbocycles. The molecule has 1 amide bonds. The molecule has 0 spiro atoms. The largest absolute Gasteiger partial charge is 0.350 e. The van der Waals surface area contributed by atoms with E-state index >= 15 is 0 Å². The molecule has 0 saturated heterocycles. The van der Waals surface area contributed by atoms with Crippen LogP contribution < -0.4 is 15.8 Å². The van der Waals surface area contributed by atoms with Crippen LogP contribution in [0.3, 0.4) is 0 Å². The highest BCUT2D eigenvalue weighted by atomic mass is 16.1. The molecule has 1 aromatic heterocycles. The number of aryl methyl sites for hydroxylation is 2. The molecule has 2 aromatic rings. The first kappa shape index (κ1) is 19.1. The summed E-state index contributed by atoms with van der Waals surface area (Å²) in [6.45, 7) is 10.5. The second-order valence-corrected chi connectivity index (χ2v) is 6.17. The topological polar surface area (TPSA) is 68.4 Å². The minimum absolute atomic E-state index is 0.0340. The molecule has 0 radical (unpaired) electrons. The molecule has 0 aliphatic rings. The summed E-state index contributed by atoms with van der Waals surface area (Å²) in [7, 11) is 0. The number of benzene rings is 1. The number of carbonyl (C=O) groups excluding carboxylic acids is 1. The van der Waals surface area contributed by atoms with Gasteiger partial charge in [0.25, 0.3) is 5.56 Å². The fourth-order valence-corrected chi connectivity index (χ4v) is 3.01. The summed E-state index contributed by atoms with van der Waals surface area (Å²) in [4.78, 5) is 25.9. The Morgan fingerprint density at radius 3 is 2.48 bits per heavy atom. The molecule has 0 bridgehead atoms. The van der Waals surface area contributed by atoms with Crippen LogP contribution in [0.4, 0.5) is 0 Å². The maximum Gasteiger partial charge on any atom is 0.274 e. The van der Waals surface area contributed by atoms with E-state index in [4.69, 9.17) is 0 Å². The number of amides is 1. The van der Waals surface area contributed by atoms with Crippen LogP contribution in [-0.4, -0.2) is 41.9 Å². The molecular formula is C19H29N4O2+. The Hall–Kier alpha value is -2.21. The number of likely N-dealkylation sites (N-methyl/N-ethyl adjacent to an activating group) is 1. The first-order valence-corrected chi connectivity index (χ1v) is 9.19. The number of carbonyl (C=O) groups is 1. The summed E-state index contributed by atoms with van der Waals surface area (Å²) in [5.74, 6) is 0.0340. The Morgan fingerprint density at radius 1 is 1.16 bits per heavy atom. The van der Waals surface area contributed by atoms with Crippen LogP contribution in [0.15, 0.2) is 29.1 Å². The lowest BCUT2D eigenvalue weighted by molar-refractivity contribution is -0.895. The van der Waals surface area contributed by atoms with E-state index in [1.807, 2.05) is 31.2 Å². The normalized spacial score (nSPS) is 11.2. The Balaban J connectivity index is 2.02. The highest BCUT2D eigenvalue weighted by molar-refractivity contribution is 5.84. The van der Waals surface area contributed by atoms with Crippen LogP contribution in [0.2, 0.25) is 0 Å². The van der Waals surface area contributed by atoms with Gasteiger partial charge in [-0.25, -0.2) is 4.68 Å². The average Bonchev–Trinajstić information content (AvgIpc) is 2.65. The lowest BCUT2D eigenvalue weighted by atomic mass is 10.1. The number of fused-ring (bicyclic) bond motifs is 1. The number of quaternary nitrogens is 1. The predicted molar refractivity (Wildman–Crippen MR) is 99.9 cm³/mol. The second-order valence-electron chi connectivity index (χ2n) is 6.17. The van der Waals surface area contributed by atoms with Crippen molar-refractivity contribution >= 4 is 16.7 Å². The van der Waals surface area contributed by atoms with E-state index in [1.165, 1.54) is 9.58 Å². The Bertz CT molecular complexity index is 766. The third kappa shape index (κ3) is 4.89. The summed E-state index contributed by atoms with van der Waals surface area (Å²) in [5, 5.41) is 8.94. The molecule has 6 heteroatoms. The Kier molecular flexibility index (Phi) is 7.13. The van der Waals surface area contributed by atoms with E-state index < -0.39 is 0 Å². The van der Waals surface area contributed by atoms with Gasteiger partial charge in [0.15, 0.2) is 0 Å². The SMILES string of the molecule is CCn1nc(CCC(=O)NCC[NH+](CC)CC)c2ccccc2c1=O. The van der Waals surface area contributed by atoms with Gasteiger partial charge in [0.2, 0.25) is 5.91 Å². The van der Waals surface area contributed by atoms with Crippen molar-refractivity contribution in [2.45, 2.75) is 40.2 Å². The molecule has 6 nitrogen and oxygen atoms in total. The molecular weight excluding hydrogens is 316 g/mol. The third-order valence-electron chi connectivity index (χ3n) is 4.63. The number of nitrogens with zero attached hydrogens (tertiary/aromatic N) is 2. The van der Waals surface area contributed by atoms with Crippen LogP contribution >= 0.6 is 0 Å². The number of hydrogen-bond donors (Lipinski definition) is 2. The fraction of sp³-hybridized carbons (Fsp3) is 0.526. The Labute approximate surface area is 148 Å². The molecule has 136 valence electrons. The molecule has 0 unspecified atom stereocenters. The van der Waals surface area contributed by atoms with Crippen molar-refractivity contribution in [2.75, 3.05) is 26.2 Å². The van der Waals surface area contributed by atoms with Crippen LogP contribution in [0, 0.1) is 0 Å². The minimum atomic E-state index is -0.0755. The van der Waals surface area contributed by atoms with Gasteiger partial charge in [0, 0.05) is 24.8 Å². The van der Waals surface area contributed by atoms with Crippen LogP contribution in [0.25, 0.3) is 10.8 Å². The van der Waals surface area contributed by atoms with Crippen LogP contribution in [0.1, 0.15) is 32.9 Å². The first-order valence-electron chi connectivity index (χ1n) is 9.19. The molecule has 0 aliphatic carbocycles. The van der Waals surface area contributed by atoms with Gasteiger partial charge in [-0.1, -0.05) is 18.2 Å².